The average Bonchev–Trinajstić information content (AvgIpc) is 2.93. The molecule has 3 heterocycles. The molecule has 0 saturated carbocycles. The van der Waals surface area contributed by atoms with Gasteiger partial charge in [-0.3, -0.25) is 0 Å². The molecule has 0 radical (unpaired) electrons. The van der Waals surface area contributed by atoms with Crippen molar-refractivity contribution in [3.8, 4) is 0 Å². The van der Waals surface area contributed by atoms with E-state index >= 15 is 0 Å². The van der Waals surface area contributed by atoms with Crippen LogP contribution in [0.15, 0.2) is 0 Å². The van der Waals surface area contributed by atoms with Gasteiger partial charge in [0.25, 0.3) is 0 Å². The Morgan fingerprint density at radius 3 is 1.35 bits per heavy atom. The zero-order valence-electron chi connectivity index (χ0n) is 30.2. The van der Waals surface area contributed by atoms with Crippen molar-refractivity contribution in [3.63, 3.8) is 0 Å². The van der Waals surface area contributed by atoms with Crippen LogP contribution in [0.4, 0.5) is 17.8 Å². The molecule has 2 saturated heterocycles. The molecule has 0 spiro atoms. The second-order valence-electron chi connectivity index (χ2n) is 16.4. The minimum atomic E-state index is 0.0878. The first kappa shape index (κ1) is 35.8. The van der Waals surface area contributed by atoms with Gasteiger partial charge in [0.1, 0.15) is 0 Å². The molecule has 1 aromatic heterocycles. The highest BCUT2D eigenvalue weighted by Crippen LogP contribution is 2.35. The molecule has 43 heavy (non-hydrogen) atoms. The summed E-state index contributed by atoms with van der Waals surface area (Å²) >= 11 is 0. The third-order valence-corrected chi connectivity index (χ3v) is 10.0. The third kappa shape index (κ3) is 10.2. The van der Waals surface area contributed by atoms with Crippen molar-refractivity contribution in [1.82, 2.24) is 25.6 Å². The fourth-order valence-electron chi connectivity index (χ4n) is 6.68. The van der Waals surface area contributed by atoms with Crippen LogP contribution >= 0.6 is 0 Å². The summed E-state index contributed by atoms with van der Waals surface area (Å²) in [5, 5.41) is 7.49. The molecule has 1 aromatic rings. The lowest BCUT2D eigenvalue weighted by molar-refractivity contribution is 0.245. The molecular weight excluding hydrogens is 532 g/mol. The predicted octanol–water partition coefficient (Wildman–Crippen LogP) is 7.04. The average molecular weight is 601 g/mol. The van der Waals surface area contributed by atoms with Crippen molar-refractivity contribution >= 4 is 17.8 Å². The summed E-state index contributed by atoms with van der Waals surface area (Å²) < 4.78 is 0. The number of aromatic nitrogens is 3. The summed E-state index contributed by atoms with van der Waals surface area (Å²) in [4.78, 5) is 23.7. The van der Waals surface area contributed by atoms with Crippen LogP contribution in [0.2, 0.25) is 0 Å². The van der Waals surface area contributed by atoms with Crippen LogP contribution in [0, 0.1) is 10.8 Å². The molecule has 2 fully saturated rings. The first-order valence-corrected chi connectivity index (χ1v) is 17.6. The molecular formula is C35H68N8. The monoisotopic (exact) mass is 601 g/mol. The van der Waals surface area contributed by atoms with E-state index in [1.165, 1.54) is 0 Å². The second kappa shape index (κ2) is 14.6. The molecule has 0 aliphatic carbocycles. The van der Waals surface area contributed by atoms with Gasteiger partial charge < -0.3 is 25.3 Å². The topological polar surface area (TPSA) is 72.5 Å². The zero-order chi connectivity index (χ0) is 32.1. The van der Waals surface area contributed by atoms with Crippen LogP contribution in [0.25, 0.3) is 0 Å². The molecule has 8 heteroatoms. The van der Waals surface area contributed by atoms with E-state index in [1.807, 2.05) is 0 Å². The highest BCUT2D eigenvalue weighted by atomic mass is 15.4. The minimum Gasteiger partial charge on any atom is -0.341 e. The van der Waals surface area contributed by atoms with Crippen molar-refractivity contribution in [3.05, 3.63) is 0 Å². The van der Waals surface area contributed by atoms with E-state index in [0.29, 0.717) is 12.1 Å². The fourth-order valence-corrected chi connectivity index (χ4v) is 6.68. The highest BCUT2D eigenvalue weighted by molar-refractivity contribution is 5.48. The molecule has 248 valence electrons. The van der Waals surface area contributed by atoms with Crippen LogP contribution in [0.5, 0.6) is 0 Å². The van der Waals surface area contributed by atoms with E-state index < -0.39 is 0 Å². The Morgan fingerprint density at radius 2 is 1.02 bits per heavy atom. The first-order valence-electron chi connectivity index (χ1n) is 17.6. The Kier molecular flexibility index (Phi) is 12.2. The summed E-state index contributed by atoms with van der Waals surface area (Å²) in [7, 11) is 0. The molecule has 8 nitrogen and oxygen atoms in total. The second-order valence-corrected chi connectivity index (χ2v) is 16.4. The van der Waals surface area contributed by atoms with Gasteiger partial charge in [0.2, 0.25) is 17.8 Å². The van der Waals surface area contributed by atoms with Gasteiger partial charge in [-0.15, -0.1) is 0 Å². The molecule has 0 aromatic carbocycles. The Balaban J connectivity index is 2.23. The predicted molar refractivity (Wildman–Crippen MR) is 186 cm³/mol. The van der Waals surface area contributed by atoms with E-state index in [-0.39, 0.29) is 21.9 Å². The number of anilines is 3. The molecule has 2 unspecified atom stereocenters. The van der Waals surface area contributed by atoms with E-state index in [2.05, 4.69) is 108 Å². The van der Waals surface area contributed by atoms with Gasteiger partial charge in [-0.25, -0.2) is 0 Å². The lowest BCUT2D eigenvalue weighted by atomic mass is 9.85. The van der Waals surface area contributed by atoms with Crippen molar-refractivity contribution in [2.24, 2.45) is 10.8 Å². The maximum absolute atomic E-state index is 5.48. The van der Waals surface area contributed by atoms with Gasteiger partial charge in [-0.2, -0.15) is 15.0 Å². The van der Waals surface area contributed by atoms with E-state index in [9.17, 15) is 0 Å². The maximum Gasteiger partial charge on any atom is 0.232 e. The Hall–Kier alpha value is -1.67. The summed E-state index contributed by atoms with van der Waals surface area (Å²) in [6.07, 6.45) is 8.71. The van der Waals surface area contributed by atoms with E-state index in [1.54, 1.807) is 0 Å². The van der Waals surface area contributed by atoms with Crippen LogP contribution < -0.4 is 25.3 Å². The lowest BCUT2D eigenvalue weighted by Crippen LogP contribution is -2.56. The Morgan fingerprint density at radius 1 is 0.651 bits per heavy atom. The van der Waals surface area contributed by atoms with Gasteiger partial charge in [0.05, 0.1) is 0 Å². The number of nitrogens with zero attached hydrogens (tertiary/aromatic N) is 6. The fraction of sp³-hybridized carbons (Fsp3) is 0.914. The van der Waals surface area contributed by atoms with Crippen molar-refractivity contribution in [1.29, 1.82) is 0 Å². The van der Waals surface area contributed by atoms with Crippen molar-refractivity contribution in [2.75, 3.05) is 54.0 Å². The zero-order valence-corrected chi connectivity index (χ0v) is 30.2. The molecule has 2 aliphatic rings. The van der Waals surface area contributed by atoms with Crippen LogP contribution in [0.1, 0.15) is 134 Å². The SMILES string of the molecule is CCCN(CCC)c1nc(N(CC(C)(C)CC)C2CCNC(C)(C)C2)nc(N(CC(C)(C)CC)C2CCNC(C)(C)C2)n1. The summed E-state index contributed by atoms with van der Waals surface area (Å²) in [5.41, 5.74) is 0.476. The number of rotatable bonds is 15. The number of piperidine rings is 2. The first-order chi connectivity index (χ1) is 20.0. The maximum atomic E-state index is 5.48. The Labute approximate surface area is 265 Å². The standard InChI is InChI=1S/C35H68N8/c1-13-21-41(22-14-2)29-38-30(42(25-32(5,6)15-3)27-17-19-36-34(9,10)23-27)40-31(39-29)43(26-33(7,8)16-4)28-18-20-37-35(11,12)24-28/h27-28,36-37H,13-26H2,1-12H3. The van der Waals surface area contributed by atoms with E-state index in [4.69, 9.17) is 15.0 Å². The summed E-state index contributed by atoms with van der Waals surface area (Å²) in [6, 6.07) is 0.767. The number of hydrogen-bond donors (Lipinski definition) is 2. The quantitative estimate of drug-likeness (QED) is 0.222. The smallest absolute Gasteiger partial charge is 0.232 e. The normalized spacial score (nSPS) is 22.3. The van der Waals surface area contributed by atoms with Gasteiger partial charge in [-0.05, 0) is 103 Å². The molecule has 2 aliphatic heterocycles. The summed E-state index contributed by atoms with van der Waals surface area (Å²) in [5.74, 6) is 2.59. The number of nitrogens with one attached hydrogen (secondary N) is 2. The molecule has 0 bridgehead atoms. The molecule has 3 rings (SSSR count). The molecule has 2 atom stereocenters. The van der Waals surface area contributed by atoms with Gasteiger partial charge in [-0.1, -0.05) is 55.4 Å². The summed E-state index contributed by atoms with van der Waals surface area (Å²) in [6.45, 7) is 33.9. The van der Waals surface area contributed by atoms with E-state index in [0.717, 1.165) is 108 Å². The van der Waals surface area contributed by atoms with Gasteiger partial charge >= 0.3 is 0 Å². The molecule has 2 N–H and O–H groups in total. The molecule has 0 amide bonds. The van der Waals surface area contributed by atoms with Crippen LogP contribution in [-0.2, 0) is 0 Å². The highest BCUT2D eigenvalue weighted by Gasteiger charge is 2.38. The minimum absolute atomic E-state index is 0.0878. The third-order valence-electron chi connectivity index (χ3n) is 10.0. The van der Waals surface area contributed by atoms with Crippen molar-refractivity contribution < 1.29 is 0 Å². The lowest BCUT2D eigenvalue weighted by Gasteiger charge is -2.46. The van der Waals surface area contributed by atoms with Crippen LogP contribution in [-0.4, -0.2) is 77.4 Å². The Bertz CT molecular complexity index is 929. The largest absolute Gasteiger partial charge is 0.341 e. The number of hydrogen-bond acceptors (Lipinski definition) is 8. The van der Waals surface area contributed by atoms with Gasteiger partial charge in [0.15, 0.2) is 0 Å². The van der Waals surface area contributed by atoms with Crippen molar-refractivity contribution in [2.45, 2.75) is 158 Å². The van der Waals surface area contributed by atoms with Crippen LogP contribution in [0.3, 0.4) is 0 Å². The van der Waals surface area contributed by atoms with Gasteiger partial charge in [0, 0.05) is 49.3 Å².